The Morgan fingerprint density at radius 1 is 1.44 bits per heavy atom. The number of anilines is 1. The Morgan fingerprint density at radius 2 is 2.17 bits per heavy atom. The molecule has 0 aliphatic heterocycles. The first-order chi connectivity index (χ1) is 8.54. The van der Waals surface area contributed by atoms with Gasteiger partial charge in [0.2, 0.25) is 0 Å². The van der Waals surface area contributed by atoms with E-state index >= 15 is 0 Å². The first kappa shape index (κ1) is 14.9. The van der Waals surface area contributed by atoms with E-state index in [9.17, 15) is 13.6 Å². The Bertz CT molecular complexity index is 404. The molecule has 100 valence electrons. The Labute approximate surface area is 113 Å². The highest BCUT2D eigenvalue weighted by Gasteiger charge is 2.11. The maximum Gasteiger partial charge on any atom is 0.325 e. The molecular formula is C12H14BrF2NO2. The zero-order valence-electron chi connectivity index (χ0n) is 9.93. The molecule has 0 unspecified atom stereocenters. The van der Waals surface area contributed by atoms with Crippen LogP contribution in [-0.2, 0) is 9.53 Å². The minimum Gasteiger partial charge on any atom is -0.464 e. The predicted molar refractivity (Wildman–Crippen MR) is 68.4 cm³/mol. The van der Waals surface area contributed by atoms with Gasteiger partial charge in [0.05, 0.1) is 12.3 Å². The number of nitrogens with one attached hydrogen (secondary N) is 1. The van der Waals surface area contributed by atoms with Crippen molar-refractivity contribution in [2.24, 2.45) is 0 Å². The topological polar surface area (TPSA) is 38.3 Å². The van der Waals surface area contributed by atoms with Crippen molar-refractivity contribution in [1.29, 1.82) is 0 Å². The summed E-state index contributed by atoms with van der Waals surface area (Å²) < 4.78 is 31.3. The molecule has 0 fully saturated rings. The quantitative estimate of drug-likeness (QED) is 0.644. The predicted octanol–water partition coefficient (Wildman–Crippen LogP) is 3.48. The van der Waals surface area contributed by atoms with Crippen LogP contribution in [0, 0.1) is 11.6 Å². The molecule has 1 aromatic rings. The van der Waals surface area contributed by atoms with Gasteiger partial charge in [-0.1, -0.05) is 13.3 Å². The number of rotatable bonds is 6. The van der Waals surface area contributed by atoms with Crippen molar-refractivity contribution in [3.63, 3.8) is 0 Å². The third kappa shape index (κ3) is 4.60. The lowest BCUT2D eigenvalue weighted by Crippen LogP contribution is -2.18. The Morgan fingerprint density at radius 3 is 2.78 bits per heavy atom. The number of hydrogen-bond donors (Lipinski definition) is 1. The summed E-state index contributed by atoms with van der Waals surface area (Å²) in [6.07, 6.45) is 1.72. The van der Waals surface area contributed by atoms with E-state index < -0.39 is 17.6 Å². The van der Waals surface area contributed by atoms with Gasteiger partial charge in [0.25, 0.3) is 0 Å². The summed E-state index contributed by atoms with van der Waals surface area (Å²) in [5.41, 5.74) is 0.0452. The summed E-state index contributed by atoms with van der Waals surface area (Å²) in [6, 6.07) is 1.86. The van der Waals surface area contributed by atoms with Gasteiger partial charge in [-0.3, -0.25) is 4.79 Å². The molecule has 0 heterocycles. The van der Waals surface area contributed by atoms with Crippen LogP contribution < -0.4 is 5.32 Å². The molecule has 0 aliphatic carbocycles. The zero-order valence-corrected chi connectivity index (χ0v) is 11.5. The van der Waals surface area contributed by atoms with Gasteiger partial charge in [0.1, 0.15) is 18.2 Å². The van der Waals surface area contributed by atoms with Crippen LogP contribution in [0.25, 0.3) is 0 Å². The second-order valence-corrected chi connectivity index (χ2v) is 4.53. The number of hydrogen-bond acceptors (Lipinski definition) is 3. The highest BCUT2D eigenvalue weighted by molar-refractivity contribution is 9.10. The molecule has 6 heteroatoms. The van der Waals surface area contributed by atoms with Crippen molar-refractivity contribution in [3.05, 3.63) is 28.2 Å². The molecule has 0 spiro atoms. The lowest BCUT2D eigenvalue weighted by Gasteiger charge is -2.09. The number of carbonyl (C=O) groups excluding carboxylic acids is 1. The van der Waals surface area contributed by atoms with Crippen molar-refractivity contribution in [3.8, 4) is 0 Å². The van der Waals surface area contributed by atoms with Crippen molar-refractivity contribution in [2.45, 2.75) is 19.8 Å². The van der Waals surface area contributed by atoms with Gasteiger partial charge in [-0.15, -0.1) is 0 Å². The maximum atomic E-state index is 13.4. The van der Waals surface area contributed by atoms with Gasteiger partial charge in [-0.05, 0) is 28.4 Å². The average Bonchev–Trinajstić information content (AvgIpc) is 2.27. The second kappa shape index (κ2) is 7.31. The number of halogens is 3. The van der Waals surface area contributed by atoms with E-state index in [2.05, 4.69) is 21.2 Å². The molecule has 0 amide bonds. The van der Waals surface area contributed by atoms with Crippen molar-refractivity contribution in [2.75, 3.05) is 18.5 Å². The molecule has 0 saturated carbocycles. The maximum absolute atomic E-state index is 13.4. The molecule has 0 saturated heterocycles. The van der Waals surface area contributed by atoms with Gasteiger partial charge in [-0.2, -0.15) is 0 Å². The first-order valence-electron chi connectivity index (χ1n) is 5.58. The summed E-state index contributed by atoms with van der Waals surface area (Å²) in [5.74, 6) is -1.92. The zero-order chi connectivity index (χ0) is 13.5. The van der Waals surface area contributed by atoms with E-state index in [4.69, 9.17) is 4.74 Å². The van der Waals surface area contributed by atoms with E-state index in [1.807, 2.05) is 6.92 Å². The van der Waals surface area contributed by atoms with Crippen LogP contribution in [0.4, 0.5) is 14.5 Å². The van der Waals surface area contributed by atoms with Gasteiger partial charge in [0.15, 0.2) is 0 Å². The third-order valence-electron chi connectivity index (χ3n) is 2.18. The normalized spacial score (nSPS) is 10.2. The summed E-state index contributed by atoms with van der Waals surface area (Å²) in [5, 5.41) is 2.57. The number of unbranched alkanes of at least 4 members (excludes halogenated alkanes) is 1. The van der Waals surface area contributed by atoms with E-state index in [0.29, 0.717) is 6.61 Å². The fourth-order valence-corrected chi connectivity index (χ4v) is 1.80. The van der Waals surface area contributed by atoms with E-state index in [1.54, 1.807) is 0 Å². The summed E-state index contributed by atoms with van der Waals surface area (Å²) >= 11 is 3.02. The van der Waals surface area contributed by atoms with Gasteiger partial charge in [-0.25, -0.2) is 8.78 Å². The number of ether oxygens (including phenoxy) is 1. The Hall–Kier alpha value is -1.17. The Balaban J connectivity index is 2.51. The van der Waals surface area contributed by atoms with Crippen LogP contribution in [0.3, 0.4) is 0 Å². The summed E-state index contributed by atoms with van der Waals surface area (Å²) in [7, 11) is 0. The SMILES string of the molecule is CCCCOC(=O)CNc1c(F)cc(F)cc1Br. The number of esters is 1. The molecule has 1 rings (SSSR count). The number of benzene rings is 1. The fraction of sp³-hybridized carbons (Fsp3) is 0.417. The smallest absolute Gasteiger partial charge is 0.325 e. The van der Waals surface area contributed by atoms with E-state index in [1.165, 1.54) is 0 Å². The molecule has 0 bridgehead atoms. The number of carbonyl (C=O) groups is 1. The standard InChI is InChI=1S/C12H14BrF2NO2/c1-2-3-4-18-11(17)7-16-12-9(13)5-8(14)6-10(12)15/h5-6,16H,2-4,7H2,1H3. The minimum absolute atomic E-state index is 0.0452. The average molecular weight is 322 g/mol. The van der Waals surface area contributed by atoms with Crippen LogP contribution in [0.1, 0.15) is 19.8 Å². The molecule has 0 radical (unpaired) electrons. The van der Waals surface area contributed by atoms with Gasteiger partial charge in [0, 0.05) is 10.5 Å². The molecule has 1 aromatic carbocycles. The monoisotopic (exact) mass is 321 g/mol. The molecule has 3 nitrogen and oxygen atoms in total. The molecule has 0 aromatic heterocycles. The van der Waals surface area contributed by atoms with Crippen LogP contribution >= 0.6 is 15.9 Å². The Kier molecular flexibility index (Phi) is 6.04. The van der Waals surface area contributed by atoms with Crippen LogP contribution in [-0.4, -0.2) is 19.1 Å². The van der Waals surface area contributed by atoms with Crippen molar-refractivity contribution in [1.82, 2.24) is 0 Å². The summed E-state index contributed by atoms with van der Waals surface area (Å²) in [6.45, 7) is 2.17. The molecule has 0 atom stereocenters. The minimum atomic E-state index is -0.761. The fourth-order valence-electron chi connectivity index (χ4n) is 1.25. The second-order valence-electron chi connectivity index (χ2n) is 3.67. The highest BCUT2D eigenvalue weighted by atomic mass is 79.9. The van der Waals surface area contributed by atoms with Crippen LogP contribution in [0.15, 0.2) is 16.6 Å². The molecular weight excluding hydrogens is 308 g/mol. The van der Waals surface area contributed by atoms with E-state index in [-0.39, 0.29) is 16.7 Å². The largest absolute Gasteiger partial charge is 0.464 e. The van der Waals surface area contributed by atoms with Crippen LogP contribution in [0.2, 0.25) is 0 Å². The first-order valence-corrected chi connectivity index (χ1v) is 6.38. The van der Waals surface area contributed by atoms with Gasteiger partial charge < -0.3 is 10.1 Å². The molecule has 1 N–H and O–H groups in total. The molecule has 18 heavy (non-hydrogen) atoms. The van der Waals surface area contributed by atoms with Crippen molar-refractivity contribution >= 4 is 27.6 Å². The molecule has 0 aliphatic rings. The third-order valence-corrected chi connectivity index (χ3v) is 2.80. The van der Waals surface area contributed by atoms with Crippen molar-refractivity contribution < 1.29 is 18.3 Å². The highest BCUT2D eigenvalue weighted by Crippen LogP contribution is 2.26. The van der Waals surface area contributed by atoms with E-state index in [0.717, 1.165) is 25.0 Å². The summed E-state index contributed by atoms with van der Waals surface area (Å²) in [4.78, 5) is 11.3. The lowest BCUT2D eigenvalue weighted by atomic mass is 10.3. The van der Waals surface area contributed by atoms with Crippen LogP contribution in [0.5, 0.6) is 0 Å². The lowest BCUT2D eigenvalue weighted by molar-refractivity contribution is -0.141. The van der Waals surface area contributed by atoms with Gasteiger partial charge >= 0.3 is 5.97 Å².